The van der Waals surface area contributed by atoms with Crippen LogP contribution in [0, 0.1) is 152 Å². The summed E-state index contributed by atoms with van der Waals surface area (Å²) in [5.41, 5.74) is 44.9. The molecule has 0 aliphatic heterocycles. The molecule has 6 aromatic carbocycles. The maximum Gasteiger partial charge on any atom is 0.215 e. The van der Waals surface area contributed by atoms with Gasteiger partial charge in [-0.2, -0.15) is 9.13 Å². The second kappa shape index (κ2) is 34.3. The molecule has 0 N–H and O–H groups in total. The van der Waals surface area contributed by atoms with E-state index in [9.17, 15) is 0 Å². The Labute approximate surface area is 603 Å². The van der Waals surface area contributed by atoms with Crippen molar-refractivity contribution >= 4 is 0 Å². The minimum Gasteiger partial charge on any atom is -0.201 e. The molecular weight excluding hydrogens is 1210 g/mol. The number of rotatable bonds is 6. The van der Waals surface area contributed by atoms with E-state index < -0.39 is 0 Å². The topological polar surface area (TPSA) is 23.3 Å². The third kappa shape index (κ3) is 19.6. The van der Waals surface area contributed by atoms with E-state index in [0.717, 1.165) is 0 Å². The lowest BCUT2D eigenvalue weighted by atomic mass is 9.97. The molecule has 0 aliphatic rings. The predicted octanol–water partition coefficient (Wildman–Crippen LogP) is 19.9. The van der Waals surface area contributed by atoms with Crippen LogP contribution >= 0.6 is 0 Å². The van der Waals surface area contributed by atoms with Gasteiger partial charge in [0.15, 0.2) is 36.2 Å². The van der Waals surface area contributed by atoms with Crippen LogP contribution in [0.25, 0.3) is 67.5 Å². The molecule has 0 fully saturated rings. The summed E-state index contributed by atoms with van der Waals surface area (Å²) in [4.78, 5) is 0. The average Bonchev–Trinajstić information content (AvgIpc) is 0.828. The van der Waals surface area contributed by atoms with E-state index in [1.54, 1.807) is 0 Å². The van der Waals surface area contributed by atoms with Crippen molar-refractivity contribution < 1.29 is 27.4 Å². The molecule has 0 atom stereocenters. The highest BCUT2D eigenvalue weighted by Crippen LogP contribution is 2.29. The Hall–Kier alpha value is -9.78. The van der Waals surface area contributed by atoms with Crippen LogP contribution in [0.3, 0.4) is 0 Å². The molecule has 12 rings (SSSR count). The zero-order valence-corrected chi connectivity index (χ0v) is 66.2. The van der Waals surface area contributed by atoms with Crippen molar-refractivity contribution in [3.63, 3.8) is 0 Å². The number of aryl methyl sites for hydroxylation is 24. The summed E-state index contributed by atoms with van der Waals surface area (Å²) < 4.78 is 13.3. The lowest BCUT2D eigenvalue weighted by molar-refractivity contribution is -0.667. The van der Waals surface area contributed by atoms with Gasteiger partial charge in [-0.25, -0.2) is 18.3 Å². The quantitative estimate of drug-likeness (QED) is 0.148. The Morgan fingerprint density at radius 3 is 1.04 bits per heavy atom. The van der Waals surface area contributed by atoms with Crippen molar-refractivity contribution in [1.29, 1.82) is 0 Å². The molecule has 6 nitrogen and oxygen atoms in total. The number of nitrogens with zero attached hydrogens (tertiary/aromatic N) is 6. The summed E-state index contributed by atoms with van der Waals surface area (Å²) in [6.45, 7) is 47.5. The summed E-state index contributed by atoms with van der Waals surface area (Å²) >= 11 is 0. The van der Waals surface area contributed by atoms with Gasteiger partial charge in [0.25, 0.3) is 0 Å². The molecule has 6 heterocycles. The summed E-state index contributed by atoms with van der Waals surface area (Å²) in [6, 6.07) is 61.7. The van der Waals surface area contributed by atoms with Gasteiger partial charge < -0.3 is 0 Å². The van der Waals surface area contributed by atoms with Crippen molar-refractivity contribution in [1.82, 2.24) is 0 Å². The van der Waals surface area contributed by atoms with Gasteiger partial charge in [0.05, 0.1) is 0 Å². The Balaban J connectivity index is 0.000000169. The van der Waals surface area contributed by atoms with Crippen molar-refractivity contribution in [2.24, 2.45) is 42.3 Å². The molecule has 0 saturated heterocycles. The first-order valence-corrected chi connectivity index (χ1v) is 35.4. The number of aromatic nitrogens is 6. The standard InChI is InChI=1S/4C16H20N.2C15H18N/c1-11-6-8-15(13(3)10-11)16-9-7-12(2)14(4)17(16)5;1-11-6-7-15(13(3)8-11)16-9-12(2)14(4)10-17(16)5;1-11-6-7-15(13(3)8-11)16-10-12(2)9-14(4)17(16)5;1-11-6-7-15(13(3)10-11)16-14(4)12(2)8-9-17(16)5;1-11-5-6-14(13(3)9-11)15-10-12(2)7-8-16(15)4;1-11-7-8-14(13(3)10-11)15-12(2)6-5-9-16(15)4/h4*6-10H,1-5H3;2*5-10H,1-4H3/q6*+1. The summed E-state index contributed by atoms with van der Waals surface area (Å²) in [5, 5.41) is 0. The van der Waals surface area contributed by atoms with Crippen LogP contribution in [0.15, 0.2) is 195 Å². The van der Waals surface area contributed by atoms with E-state index in [1.165, 1.54) is 190 Å². The second-order valence-corrected chi connectivity index (χ2v) is 28.6. The largest absolute Gasteiger partial charge is 0.215 e. The first-order valence-electron chi connectivity index (χ1n) is 35.4. The van der Waals surface area contributed by atoms with Gasteiger partial charge in [0.2, 0.25) is 34.2 Å². The maximum absolute atomic E-state index is 2.27. The smallest absolute Gasteiger partial charge is 0.201 e. The maximum atomic E-state index is 2.27. The van der Waals surface area contributed by atoms with E-state index in [0.29, 0.717) is 0 Å². The van der Waals surface area contributed by atoms with Gasteiger partial charge in [-0.05, 0) is 243 Å². The lowest BCUT2D eigenvalue weighted by Crippen LogP contribution is -2.35. The zero-order chi connectivity index (χ0) is 73.7. The predicted molar refractivity (Wildman–Crippen MR) is 423 cm³/mol. The Morgan fingerprint density at radius 2 is 0.590 bits per heavy atom. The van der Waals surface area contributed by atoms with Crippen LogP contribution in [0.1, 0.15) is 123 Å². The van der Waals surface area contributed by atoms with E-state index in [1.807, 2.05) is 0 Å². The molecule has 516 valence electrons. The van der Waals surface area contributed by atoms with Crippen molar-refractivity contribution in [2.75, 3.05) is 0 Å². The SMILES string of the molecule is Cc1ccc(-c2c(C)c(C)cc[n+]2C)c(C)c1.Cc1ccc(-c2c(C)ccc[n+]2C)c(C)c1.Cc1ccc(-c2cc(C)c(C)c[n+]2C)c(C)c1.Cc1ccc(-c2cc(C)cc(C)[n+]2C)c(C)c1.Cc1ccc(-c2cc(C)cc[n+]2C)c(C)c1.Cc1ccc(-c2ccc(C)c(C)[n+]2C)c(C)c1. The van der Waals surface area contributed by atoms with Crippen LogP contribution < -0.4 is 27.4 Å². The highest BCUT2D eigenvalue weighted by molar-refractivity contribution is 5.68. The number of hydrogen-bond donors (Lipinski definition) is 0. The van der Waals surface area contributed by atoms with Gasteiger partial charge in [-0.3, -0.25) is 0 Å². The molecule has 0 radical (unpaired) electrons. The average molecular weight is 1330 g/mol. The molecular formula is C94H116N6+6. The van der Waals surface area contributed by atoms with Gasteiger partial charge >= 0.3 is 0 Å². The van der Waals surface area contributed by atoms with Crippen molar-refractivity contribution in [3.8, 4) is 67.5 Å². The third-order valence-corrected chi connectivity index (χ3v) is 19.8. The monoisotopic (exact) mass is 1330 g/mol. The van der Waals surface area contributed by atoms with Crippen molar-refractivity contribution in [3.05, 3.63) is 317 Å². The molecule has 0 spiro atoms. The van der Waals surface area contributed by atoms with Gasteiger partial charge in [0, 0.05) is 118 Å². The minimum atomic E-state index is 1.28. The zero-order valence-electron chi connectivity index (χ0n) is 66.2. The highest BCUT2D eigenvalue weighted by Gasteiger charge is 2.21. The summed E-state index contributed by atoms with van der Waals surface area (Å²) in [7, 11) is 12.7. The molecule has 0 amide bonds. The molecule has 0 saturated carbocycles. The summed E-state index contributed by atoms with van der Waals surface area (Å²) in [5.74, 6) is 0. The van der Waals surface area contributed by atoms with Crippen LogP contribution in [0.4, 0.5) is 0 Å². The van der Waals surface area contributed by atoms with E-state index in [-0.39, 0.29) is 0 Å². The first-order chi connectivity index (χ1) is 47.1. The lowest BCUT2D eigenvalue weighted by Gasteiger charge is -2.09. The molecule has 12 aromatic rings. The fraction of sp³-hybridized carbons (Fsp3) is 0.298. The number of hydrogen-bond acceptors (Lipinski definition) is 0. The minimum absolute atomic E-state index is 1.28. The molecule has 0 bridgehead atoms. The van der Waals surface area contributed by atoms with Crippen molar-refractivity contribution in [2.45, 2.75) is 152 Å². The first kappa shape index (κ1) is 77.6. The Morgan fingerprint density at radius 1 is 0.210 bits per heavy atom. The van der Waals surface area contributed by atoms with E-state index in [4.69, 9.17) is 0 Å². The summed E-state index contributed by atoms with van der Waals surface area (Å²) in [6.07, 6.45) is 8.55. The molecule has 0 aliphatic carbocycles. The number of benzene rings is 6. The van der Waals surface area contributed by atoms with E-state index >= 15 is 0 Å². The fourth-order valence-corrected chi connectivity index (χ4v) is 13.5. The van der Waals surface area contributed by atoms with Crippen LogP contribution in [0.5, 0.6) is 0 Å². The normalized spacial score (nSPS) is 10.6. The fourth-order valence-electron chi connectivity index (χ4n) is 13.5. The Kier molecular flexibility index (Phi) is 26.6. The van der Waals surface area contributed by atoms with Crippen LogP contribution in [0.2, 0.25) is 0 Å². The van der Waals surface area contributed by atoms with Gasteiger partial charge in [0.1, 0.15) is 42.3 Å². The molecule has 0 unspecified atom stereocenters. The van der Waals surface area contributed by atoms with Crippen LogP contribution in [-0.2, 0) is 42.3 Å². The second-order valence-electron chi connectivity index (χ2n) is 28.6. The third-order valence-electron chi connectivity index (χ3n) is 19.8. The highest BCUT2D eigenvalue weighted by atomic mass is 15.0. The molecule has 100 heavy (non-hydrogen) atoms. The molecule has 6 aromatic heterocycles. The van der Waals surface area contributed by atoms with Gasteiger partial charge in [-0.15, -0.1) is 0 Å². The number of pyridine rings is 6. The molecule has 6 heteroatoms. The van der Waals surface area contributed by atoms with Crippen LogP contribution in [-0.4, -0.2) is 0 Å². The Bertz CT molecular complexity index is 4850. The van der Waals surface area contributed by atoms with Gasteiger partial charge in [-0.1, -0.05) is 106 Å². The van der Waals surface area contributed by atoms with E-state index in [2.05, 4.69) is 417 Å².